The van der Waals surface area contributed by atoms with Crippen LogP contribution >= 0.6 is 11.6 Å². The van der Waals surface area contributed by atoms with E-state index in [1.807, 2.05) is 24.3 Å². The second kappa shape index (κ2) is 9.46. The van der Waals surface area contributed by atoms with E-state index in [1.165, 1.54) is 6.92 Å². The predicted octanol–water partition coefficient (Wildman–Crippen LogP) is 2.89. The molecule has 1 aromatic carbocycles. The van der Waals surface area contributed by atoms with Crippen molar-refractivity contribution in [2.45, 2.75) is 33.6 Å². The second-order valence-electron chi connectivity index (χ2n) is 5.85. The molecule has 0 aliphatic carbocycles. The summed E-state index contributed by atoms with van der Waals surface area (Å²) < 4.78 is 0. The first-order chi connectivity index (χ1) is 10.4. The Labute approximate surface area is 137 Å². The van der Waals surface area contributed by atoms with Crippen LogP contribution in [-0.4, -0.2) is 36.3 Å². The Kier molecular flexibility index (Phi) is 7.96. The van der Waals surface area contributed by atoms with Crippen molar-refractivity contribution >= 4 is 23.4 Å². The number of hydrogen-bond acceptors (Lipinski definition) is 2. The molecule has 0 aliphatic rings. The number of carbonyl (C=O) groups excluding carboxylic acids is 2. The molecule has 0 atom stereocenters. The highest BCUT2D eigenvalue weighted by atomic mass is 35.5. The molecule has 0 saturated heterocycles. The molecule has 2 amide bonds. The number of benzene rings is 1. The van der Waals surface area contributed by atoms with Crippen LogP contribution in [0.3, 0.4) is 0 Å². The van der Waals surface area contributed by atoms with Gasteiger partial charge in [-0.3, -0.25) is 9.59 Å². The Balaban J connectivity index is 2.35. The van der Waals surface area contributed by atoms with Crippen LogP contribution in [0.2, 0.25) is 5.02 Å². The zero-order valence-electron chi connectivity index (χ0n) is 13.6. The summed E-state index contributed by atoms with van der Waals surface area (Å²) in [5.41, 5.74) is 1.08. The summed E-state index contributed by atoms with van der Waals surface area (Å²) in [5, 5.41) is 3.54. The molecule has 0 bridgehead atoms. The van der Waals surface area contributed by atoms with Crippen molar-refractivity contribution in [2.24, 2.45) is 5.92 Å². The first-order valence-corrected chi connectivity index (χ1v) is 8.03. The van der Waals surface area contributed by atoms with Crippen LogP contribution in [0.5, 0.6) is 0 Å². The minimum atomic E-state index is -0.124. The van der Waals surface area contributed by atoms with Crippen molar-refractivity contribution in [1.29, 1.82) is 0 Å². The van der Waals surface area contributed by atoms with E-state index < -0.39 is 0 Å². The molecule has 0 saturated carbocycles. The molecule has 22 heavy (non-hydrogen) atoms. The number of hydrogen-bond donors (Lipinski definition) is 1. The fourth-order valence-electron chi connectivity index (χ4n) is 2.03. The molecular formula is C17H25ClN2O2. The predicted molar refractivity (Wildman–Crippen MR) is 89.9 cm³/mol. The van der Waals surface area contributed by atoms with Gasteiger partial charge in [-0.15, -0.1) is 0 Å². The van der Waals surface area contributed by atoms with Gasteiger partial charge in [0.2, 0.25) is 11.8 Å². The lowest BCUT2D eigenvalue weighted by atomic mass is 10.1. The number of amides is 2. The van der Waals surface area contributed by atoms with Gasteiger partial charge in [-0.25, -0.2) is 0 Å². The first kappa shape index (κ1) is 18.5. The average molecular weight is 325 g/mol. The van der Waals surface area contributed by atoms with Gasteiger partial charge >= 0.3 is 0 Å². The van der Waals surface area contributed by atoms with Gasteiger partial charge in [0.1, 0.15) is 0 Å². The van der Waals surface area contributed by atoms with E-state index in [2.05, 4.69) is 19.2 Å². The molecule has 5 heteroatoms. The standard InChI is InChI=1S/C17H25ClN2O2/c1-13(2)8-10-20(14(3)21)12-17(22)19-9-7-15-5-4-6-16(18)11-15/h4-6,11,13H,7-10,12H2,1-3H3,(H,19,22). The second-order valence-corrected chi connectivity index (χ2v) is 6.29. The maximum atomic E-state index is 11.9. The van der Waals surface area contributed by atoms with E-state index in [0.29, 0.717) is 24.0 Å². The number of nitrogens with zero attached hydrogens (tertiary/aromatic N) is 1. The van der Waals surface area contributed by atoms with Crippen LogP contribution in [0.15, 0.2) is 24.3 Å². The molecule has 0 heterocycles. The van der Waals surface area contributed by atoms with E-state index >= 15 is 0 Å². The SMILES string of the molecule is CC(=O)N(CCC(C)C)CC(=O)NCCc1cccc(Cl)c1. The molecule has 1 N–H and O–H groups in total. The number of carbonyl (C=O) groups is 2. The van der Waals surface area contributed by atoms with Gasteiger partial charge in [-0.05, 0) is 36.5 Å². The van der Waals surface area contributed by atoms with Crippen molar-refractivity contribution in [3.8, 4) is 0 Å². The summed E-state index contributed by atoms with van der Waals surface area (Å²) >= 11 is 5.92. The van der Waals surface area contributed by atoms with Crippen molar-refractivity contribution in [1.82, 2.24) is 10.2 Å². The molecular weight excluding hydrogens is 300 g/mol. The molecule has 0 radical (unpaired) electrons. The van der Waals surface area contributed by atoms with E-state index in [0.717, 1.165) is 18.4 Å². The van der Waals surface area contributed by atoms with Gasteiger partial charge in [0.15, 0.2) is 0 Å². The third kappa shape index (κ3) is 7.46. The first-order valence-electron chi connectivity index (χ1n) is 7.65. The average Bonchev–Trinajstić information content (AvgIpc) is 2.43. The molecule has 4 nitrogen and oxygen atoms in total. The van der Waals surface area contributed by atoms with Crippen LogP contribution in [-0.2, 0) is 16.0 Å². The topological polar surface area (TPSA) is 49.4 Å². The minimum absolute atomic E-state index is 0.0642. The lowest BCUT2D eigenvalue weighted by Gasteiger charge is -2.21. The largest absolute Gasteiger partial charge is 0.354 e. The summed E-state index contributed by atoms with van der Waals surface area (Å²) in [5.74, 6) is 0.319. The Morgan fingerprint density at radius 1 is 1.32 bits per heavy atom. The fraction of sp³-hybridized carbons (Fsp3) is 0.529. The monoisotopic (exact) mass is 324 g/mol. The Morgan fingerprint density at radius 2 is 2.05 bits per heavy atom. The Morgan fingerprint density at radius 3 is 2.64 bits per heavy atom. The number of nitrogens with one attached hydrogen (secondary N) is 1. The van der Waals surface area contributed by atoms with Gasteiger partial charge < -0.3 is 10.2 Å². The Bertz CT molecular complexity index is 503. The normalized spacial score (nSPS) is 10.6. The fourth-order valence-corrected chi connectivity index (χ4v) is 2.24. The molecule has 0 unspecified atom stereocenters. The lowest BCUT2D eigenvalue weighted by Crippen LogP contribution is -2.41. The lowest BCUT2D eigenvalue weighted by molar-refractivity contribution is -0.134. The van der Waals surface area contributed by atoms with Crippen molar-refractivity contribution in [2.75, 3.05) is 19.6 Å². The van der Waals surface area contributed by atoms with Gasteiger partial charge in [-0.1, -0.05) is 37.6 Å². The molecule has 1 rings (SSSR count). The number of halogens is 1. The summed E-state index contributed by atoms with van der Waals surface area (Å²) in [4.78, 5) is 25.1. The summed E-state index contributed by atoms with van der Waals surface area (Å²) in [7, 11) is 0. The highest BCUT2D eigenvalue weighted by Crippen LogP contribution is 2.10. The van der Waals surface area contributed by atoms with Crippen molar-refractivity contribution in [3.05, 3.63) is 34.9 Å². The molecule has 0 spiro atoms. The van der Waals surface area contributed by atoms with Crippen LogP contribution in [0.4, 0.5) is 0 Å². The summed E-state index contributed by atoms with van der Waals surface area (Å²) in [6.07, 6.45) is 1.62. The van der Waals surface area contributed by atoms with Crippen LogP contribution < -0.4 is 5.32 Å². The smallest absolute Gasteiger partial charge is 0.239 e. The quantitative estimate of drug-likeness (QED) is 0.799. The zero-order chi connectivity index (χ0) is 16.5. The highest BCUT2D eigenvalue weighted by molar-refractivity contribution is 6.30. The van der Waals surface area contributed by atoms with Crippen molar-refractivity contribution < 1.29 is 9.59 Å². The highest BCUT2D eigenvalue weighted by Gasteiger charge is 2.13. The number of rotatable bonds is 8. The molecule has 0 aromatic heterocycles. The maximum absolute atomic E-state index is 11.9. The van der Waals surface area contributed by atoms with Gasteiger partial charge in [0.25, 0.3) is 0 Å². The zero-order valence-corrected chi connectivity index (χ0v) is 14.3. The van der Waals surface area contributed by atoms with Crippen LogP contribution in [0.25, 0.3) is 0 Å². The minimum Gasteiger partial charge on any atom is -0.354 e. The van der Waals surface area contributed by atoms with E-state index in [4.69, 9.17) is 11.6 Å². The third-order valence-corrected chi connectivity index (χ3v) is 3.62. The van der Waals surface area contributed by atoms with E-state index in [-0.39, 0.29) is 18.4 Å². The third-order valence-electron chi connectivity index (χ3n) is 3.38. The molecule has 0 fully saturated rings. The maximum Gasteiger partial charge on any atom is 0.239 e. The Hall–Kier alpha value is -1.55. The van der Waals surface area contributed by atoms with Gasteiger partial charge in [0, 0.05) is 25.0 Å². The summed E-state index contributed by atoms with van der Waals surface area (Å²) in [6, 6.07) is 7.58. The van der Waals surface area contributed by atoms with E-state index in [1.54, 1.807) is 4.90 Å². The molecule has 122 valence electrons. The molecule has 1 aromatic rings. The molecule has 0 aliphatic heterocycles. The van der Waals surface area contributed by atoms with Gasteiger partial charge in [-0.2, -0.15) is 0 Å². The van der Waals surface area contributed by atoms with Crippen molar-refractivity contribution in [3.63, 3.8) is 0 Å². The van der Waals surface area contributed by atoms with Gasteiger partial charge in [0.05, 0.1) is 6.54 Å². The summed E-state index contributed by atoms with van der Waals surface area (Å²) in [6.45, 7) is 6.98. The van der Waals surface area contributed by atoms with Crippen LogP contribution in [0.1, 0.15) is 32.8 Å². The van der Waals surface area contributed by atoms with Crippen LogP contribution in [0, 0.1) is 5.92 Å². The van der Waals surface area contributed by atoms with E-state index in [9.17, 15) is 9.59 Å².